The molecule has 7 heteroatoms. The van der Waals surface area contributed by atoms with Crippen LogP contribution in [0.4, 0.5) is 5.69 Å². The molecule has 6 nitrogen and oxygen atoms in total. The molecule has 0 saturated carbocycles. The number of fused-ring (bicyclic) bond motifs is 1. The normalized spacial score (nSPS) is 11.4. The molecule has 0 amide bonds. The fourth-order valence-electron chi connectivity index (χ4n) is 2.39. The van der Waals surface area contributed by atoms with Gasteiger partial charge in [-0.15, -0.1) is 0 Å². The topological polar surface area (TPSA) is 64.2 Å². The molecule has 0 saturated heterocycles. The summed E-state index contributed by atoms with van der Waals surface area (Å²) < 4.78 is 1.90. The summed E-state index contributed by atoms with van der Waals surface area (Å²) in [6.45, 7) is 1.61. The van der Waals surface area contributed by atoms with Crippen LogP contribution in [0.2, 0.25) is 0 Å². The van der Waals surface area contributed by atoms with Gasteiger partial charge in [0.05, 0.1) is 28.7 Å². The van der Waals surface area contributed by atoms with E-state index in [-0.39, 0.29) is 10.6 Å². The highest BCUT2D eigenvalue weighted by Crippen LogP contribution is 2.35. The summed E-state index contributed by atoms with van der Waals surface area (Å²) in [5.74, 6) is 0. The molecule has 0 aliphatic rings. The molecule has 0 radical (unpaired) electrons. The van der Waals surface area contributed by atoms with Gasteiger partial charge in [0.2, 0.25) is 0 Å². The molecular weight excluding hydrogens is 300 g/mol. The molecule has 22 heavy (non-hydrogen) atoms. The van der Waals surface area contributed by atoms with E-state index in [2.05, 4.69) is 10.00 Å². The quantitative estimate of drug-likeness (QED) is 0.535. The number of thiophene rings is 1. The minimum atomic E-state index is -0.330. The van der Waals surface area contributed by atoms with Crippen molar-refractivity contribution >= 4 is 27.9 Å². The molecule has 114 valence electrons. The standard InChI is InChI=1S/C15H16N4O2S/c1-17(2)4-5-18-14-8-13(11-3-6-22-10-11)15(19(20)21)7-12(14)9-16-18/h3,6-10H,4-5H2,1-2H3. The van der Waals surface area contributed by atoms with Crippen molar-refractivity contribution < 1.29 is 4.92 Å². The molecule has 2 heterocycles. The van der Waals surface area contributed by atoms with E-state index in [1.807, 2.05) is 41.7 Å². The summed E-state index contributed by atoms with van der Waals surface area (Å²) in [6.07, 6.45) is 1.69. The van der Waals surface area contributed by atoms with Gasteiger partial charge in [-0.1, -0.05) is 0 Å². The van der Waals surface area contributed by atoms with Gasteiger partial charge in [0, 0.05) is 18.0 Å². The number of nitro benzene ring substituents is 1. The van der Waals surface area contributed by atoms with Gasteiger partial charge in [0.15, 0.2) is 0 Å². The Morgan fingerprint density at radius 1 is 1.41 bits per heavy atom. The van der Waals surface area contributed by atoms with Crippen LogP contribution < -0.4 is 0 Å². The minimum Gasteiger partial charge on any atom is -0.308 e. The molecule has 1 aromatic carbocycles. The maximum atomic E-state index is 11.4. The van der Waals surface area contributed by atoms with Crippen molar-refractivity contribution in [2.24, 2.45) is 0 Å². The molecule has 3 rings (SSSR count). The van der Waals surface area contributed by atoms with E-state index in [9.17, 15) is 10.1 Å². The Hall–Kier alpha value is -2.25. The van der Waals surface area contributed by atoms with Crippen LogP contribution in [-0.2, 0) is 6.54 Å². The van der Waals surface area contributed by atoms with Gasteiger partial charge < -0.3 is 4.90 Å². The number of likely N-dealkylation sites (N-methyl/N-ethyl adjacent to an activating group) is 1. The van der Waals surface area contributed by atoms with E-state index in [1.165, 1.54) is 11.3 Å². The largest absolute Gasteiger partial charge is 0.308 e. The number of aromatic nitrogens is 2. The summed E-state index contributed by atoms with van der Waals surface area (Å²) in [4.78, 5) is 13.1. The second-order valence-electron chi connectivity index (χ2n) is 5.37. The highest BCUT2D eigenvalue weighted by Gasteiger charge is 2.19. The average molecular weight is 316 g/mol. The number of benzene rings is 1. The van der Waals surface area contributed by atoms with Gasteiger partial charge in [-0.05, 0) is 42.6 Å². The third-order valence-corrected chi connectivity index (χ3v) is 4.23. The third-order valence-electron chi connectivity index (χ3n) is 3.55. The van der Waals surface area contributed by atoms with E-state index < -0.39 is 0 Å². The predicted octanol–water partition coefficient (Wildman–Crippen LogP) is 3.23. The van der Waals surface area contributed by atoms with Crippen LogP contribution in [-0.4, -0.2) is 40.2 Å². The number of rotatable bonds is 5. The first-order chi connectivity index (χ1) is 10.6. The molecule has 3 aromatic rings. The van der Waals surface area contributed by atoms with Crippen molar-refractivity contribution in [3.8, 4) is 11.1 Å². The van der Waals surface area contributed by atoms with Crippen LogP contribution in [0, 0.1) is 10.1 Å². The Morgan fingerprint density at radius 2 is 2.23 bits per heavy atom. The molecule has 0 spiro atoms. The van der Waals surface area contributed by atoms with Gasteiger partial charge in [-0.2, -0.15) is 16.4 Å². The Labute approximate surface area is 131 Å². The van der Waals surface area contributed by atoms with Gasteiger partial charge >= 0.3 is 0 Å². The van der Waals surface area contributed by atoms with Crippen molar-refractivity contribution in [2.75, 3.05) is 20.6 Å². The Morgan fingerprint density at radius 3 is 2.86 bits per heavy atom. The first-order valence-corrected chi connectivity index (χ1v) is 7.82. The average Bonchev–Trinajstić information content (AvgIpc) is 3.13. The molecule has 0 aliphatic heterocycles. The van der Waals surface area contributed by atoms with Crippen LogP contribution in [0.15, 0.2) is 35.2 Å². The zero-order valence-electron chi connectivity index (χ0n) is 12.4. The van der Waals surface area contributed by atoms with Gasteiger partial charge in [-0.3, -0.25) is 14.8 Å². The number of nitrogens with zero attached hydrogens (tertiary/aromatic N) is 4. The first-order valence-electron chi connectivity index (χ1n) is 6.87. The molecule has 0 aliphatic carbocycles. The lowest BCUT2D eigenvalue weighted by atomic mass is 10.0. The Kier molecular flexibility index (Phi) is 3.91. The molecule has 2 aromatic heterocycles. The van der Waals surface area contributed by atoms with Crippen LogP contribution >= 0.6 is 11.3 Å². The zero-order valence-corrected chi connectivity index (χ0v) is 13.2. The van der Waals surface area contributed by atoms with Gasteiger partial charge in [0.1, 0.15) is 0 Å². The van der Waals surface area contributed by atoms with E-state index >= 15 is 0 Å². The van der Waals surface area contributed by atoms with E-state index in [1.54, 1.807) is 12.3 Å². The van der Waals surface area contributed by atoms with Gasteiger partial charge in [0.25, 0.3) is 5.69 Å². The monoisotopic (exact) mass is 316 g/mol. The van der Waals surface area contributed by atoms with Crippen molar-refractivity contribution in [3.05, 3.63) is 45.3 Å². The van der Waals surface area contributed by atoms with E-state index in [0.29, 0.717) is 5.56 Å². The molecular formula is C15H16N4O2S. The summed E-state index contributed by atoms with van der Waals surface area (Å²) in [7, 11) is 4.01. The predicted molar refractivity (Wildman–Crippen MR) is 88.3 cm³/mol. The number of hydrogen-bond donors (Lipinski definition) is 0. The molecule has 0 N–H and O–H groups in total. The SMILES string of the molecule is CN(C)CCn1ncc2cc([N+](=O)[O-])c(-c3ccsc3)cc21. The fraction of sp³-hybridized carbons (Fsp3) is 0.267. The fourth-order valence-corrected chi connectivity index (χ4v) is 3.04. The minimum absolute atomic E-state index is 0.123. The highest BCUT2D eigenvalue weighted by atomic mass is 32.1. The summed E-state index contributed by atoms with van der Waals surface area (Å²) in [6, 6.07) is 5.39. The Bertz CT molecular complexity index is 808. The number of nitro groups is 1. The van der Waals surface area contributed by atoms with E-state index in [4.69, 9.17) is 0 Å². The maximum Gasteiger partial charge on any atom is 0.278 e. The van der Waals surface area contributed by atoms with Gasteiger partial charge in [-0.25, -0.2) is 0 Å². The van der Waals surface area contributed by atoms with Crippen molar-refractivity contribution in [1.29, 1.82) is 0 Å². The summed E-state index contributed by atoms with van der Waals surface area (Å²) in [5, 5.41) is 20.4. The lowest BCUT2D eigenvalue weighted by Gasteiger charge is -2.10. The van der Waals surface area contributed by atoms with Crippen molar-refractivity contribution in [3.63, 3.8) is 0 Å². The van der Waals surface area contributed by atoms with Crippen molar-refractivity contribution in [1.82, 2.24) is 14.7 Å². The molecule has 0 unspecified atom stereocenters. The highest BCUT2D eigenvalue weighted by molar-refractivity contribution is 7.08. The molecule has 0 bridgehead atoms. The number of hydrogen-bond acceptors (Lipinski definition) is 5. The Balaban J connectivity index is 2.13. The zero-order chi connectivity index (χ0) is 15.7. The summed E-state index contributed by atoms with van der Waals surface area (Å²) in [5.41, 5.74) is 2.57. The second-order valence-corrected chi connectivity index (χ2v) is 6.15. The lowest BCUT2D eigenvalue weighted by Crippen LogP contribution is -2.18. The van der Waals surface area contributed by atoms with Crippen LogP contribution in [0.1, 0.15) is 0 Å². The van der Waals surface area contributed by atoms with E-state index in [0.717, 1.165) is 29.6 Å². The first kappa shape index (κ1) is 14.7. The maximum absolute atomic E-state index is 11.4. The smallest absolute Gasteiger partial charge is 0.278 e. The molecule has 0 fully saturated rings. The second kappa shape index (κ2) is 5.86. The van der Waals surface area contributed by atoms with Crippen LogP contribution in [0.3, 0.4) is 0 Å². The molecule has 0 atom stereocenters. The van der Waals surface area contributed by atoms with Crippen molar-refractivity contribution in [2.45, 2.75) is 6.54 Å². The lowest BCUT2D eigenvalue weighted by molar-refractivity contribution is -0.384. The van der Waals surface area contributed by atoms with Crippen LogP contribution in [0.5, 0.6) is 0 Å². The van der Waals surface area contributed by atoms with Crippen LogP contribution in [0.25, 0.3) is 22.0 Å². The summed E-state index contributed by atoms with van der Waals surface area (Å²) >= 11 is 1.53. The third kappa shape index (κ3) is 2.72.